The Balaban J connectivity index is 1.64. The van der Waals surface area contributed by atoms with Crippen LogP contribution in [-0.4, -0.2) is 63.4 Å². The minimum Gasteiger partial charge on any atom is -0.493 e. The number of methoxy groups -OCH3 is 1. The van der Waals surface area contributed by atoms with Gasteiger partial charge in [0.15, 0.2) is 11.5 Å². The van der Waals surface area contributed by atoms with Crippen molar-refractivity contribution in [3.63, 3.8) is 0 Å². The van der Waals surface area contributed by atoms with Crippen LogP contribution in [0.1, 0.15) is 15.9 Å². The zero-order chi connectivity index (χ0) is 22.4. The first-order chi connectivity index (χ1) is 14.8. The zero-order valence-corrected chi connectivity index (χ0v) is 17.6. The van der Waals surface area contributed by atoms with Gasteiger partial charge in [0, 0.05) is 37.2 Å². The van der Waals surface area contributed by atoms with Crippen LogP contribution in [0.3, 0.4) is 0 Å². The van der Waals surface area contributed by atoms with E-state index in [1.54, 1.807) is 12.1 Å². The lowest BCUT2D eigenvalue weighted by Gasteiger charge is -2.33. The summed E-state index contributed by atoms with van der Waals surface area (Å²) in [5.74, 6) is -0.507. The highest BCUT2D eigenvalue weighted by molar-refractivity contribution is 7.92. The molecule has 31 heavy (non-hydrogen) atoms. The van der Waals surface area contributed by atoms with Crippen LogP contribution in [-0.2, 0) is 10.0 Å². The van der Waals surface area contributed by atoms with E-state index in [0.29, 0.717) is 0 Å². The average molecular weight is 452 g/mol. The number of ether oxygens (including phenoxy) is 2. The molecule has 1 fully saturated rings. The van der Waals surface area contributed by atoms with E-state index in [1.807, 2.05) is 18.2 Å². The number of benzene rings is 2. The van der Waals surface area contributed by atoms with Gasteiger partial charge in [0.2, 0.25) is 10.0 Å². The molecule has 1 aliphatic rings. The first-order valence-electron chi connectivity index (χ1n) is 9.45. The molecule has 0 spiro atoms. The van der Waals surface area contributed by atoms with Crippen LogP contribution in [0.2, 0.25) is 0 Å². The smallest absolute Gasteiger partial charge is 0.387 e. The third kappa shape index (κ3) is 5.80. The van der Waals surface area contributed by atoms with Gasteiger partial charge in [-0.15, -0.1) is 0 Å². The van der Waals surface area contributed by atoms with Crippen molar-refractivity contribution < 1.29 is 31.5 Å². The van der Waals surface area contributed by atoms with Crippen molar-refractivity contribution in [2.75, 3.05) is 33.3 Å². The average Bonchev–Trinajstić information content (AvgIpc) is 2.78. The topological polar surface area (TPSA) is 76.2 Å². The number of halogens is 2. The molecule has 3 rings (SSSR count). The molecule has 0 radical (unpaired) electrons. The van der Waals surface area contributed by atoms with E-state index >= 15 is 0 Å². The van der Waals surface area contributed by atoms with Crippen molar-refractivity contribution in [3.8, 4) is 11.5 Å². The molecular weight excluding hydrogens is 430 g/mol. The van der Waals surface area contributed by atoms with E-state index in [4.69, 9.17) is 4.74 Å². The molecule has 2 aromatic carbocycles. The number of nitrogens with zero attached hydrogens (tertiary/aromatic N) is 2. The number of piperazine rings is 1. The number of hydrogen-bond donors (Lipinski definition) is 0. The molecule has 1 saturated heterocycles. The summed E-state index contributed by atoms with van der Waals surface area (Å²) in [5, 5.41) is 1.16. The summed E-state index contributed by atoms with van der Waals surface area (Å²) in [5.41, 5.74) is 1.01. The fraction of sp³-hybridized carbons (Fsp3) is 0.286. The van der Waals surface area contributed by atoms with Gasteiger partial charge in [-0.1, -0.05) is 30.3 Å². The Morgan fingerprint density at radius 1 is 1.03 bits per heavy atom. The molecule has 1 heterocycles. The van der Waals surface area contributed by atoms with Gasteiger partial charge in [0.25, 0.3) is 5.91 Å². The molecule has 0 aliphatic carbocycles. The van der Waals surface area contributed by atoms with Gasteiger partial charge < -0.3 is 14.4 Å². The number of amides is 1. The molecule has 2 aromatic rings. The maximum atomic E-state index is 12.8. The summed E-state index contributed by atoms with van der Waals surface area (Å²) in [4.78, 5) is 14.3. The summed E-state index contributed by atoms with van der Waals surface area (Å²) in [6.45, 7) is -2.31. The molecular formula is C21H22F2N2O5S. The molecule has 0 N–H and O–H groups in total. The van der Waals surface area contributed by atoms with Crippen LogP contribution >= 0.6 is 0 Å². The van der Waals surface area contributed by atoms with Gasteiger partial charge in [0.1, 0.15) is 0 Å². The Labute approximate surface area is 179 Å². The fourth-order valence-electron chi connectivity index (χ4n) is 3.14. The number of hydrogen-bond acceptors (Lipinski definition) is 5. The molecule has 10 heteroatoms. The van der Waals surface area contributed by atoms with Gasteiger partial charge in [0.05, 0.1) is 7.11 Å². The normalized spacial score (nSPS) is 15.4. The second kappa shape index (κ2) is 9.88. The predicted octanol–water partition coefficient (Wildman–Crippen LogP) is 3.06. The van der Waals surface area contributed by atoms with Gasteiger partial charge in [-0.05, 0) is 29.8 Å². The second-order valence-corrected chi connectivity index (χ2v) is 8.51. The lowest BCUT2D eigenvalue weighted by molar-refractivity contribution is -0.0512. The highest BCUT2D eigenvalue weighted by Crippen LogP contribution is 2.30. The van der Waals surface area contributed by atoms with Crippen molar-refractivity contribution in [1.82, 2.24) is 9.21 Å². The lowest BCUT2D eigenvalue weighted by Crippen LogP contribution is -2.50. The van der Waals surface area contributed by atoms with Crippen LogP contribution in [0.25, 0.3) is 6.08 Å². The van der Waals surface area contributed by atoms with Crippen LogP contribution < -0.4 is 9.47 Å². The quantitative estimate of drug-likeness (QED) is 0.646. The number of sulfonamides is 1. The summed E-state index contributed by atoms with van der Waals surface area (Å²) < 4.78 is 60.7. The SMILES string of the molecule is COc1cc(C(=O)N2CCN(S(=O)(=O)C=Cc3ccccc3)CC2)ccc1OC(F)F. The molecule has 1 aliphatic heterocycles. The molecule has 166 valence electrons. The molecule has 0 aromatic heterocycles. The number of carbonyl (C=O) groups is 1. The Hall–Kier alpha value is -2.98. The Morgan fingerprint density at radius 2 is 1.71 bits per heavy atom. The molecule has 7 nitrogen and oxygen atoms in total. The van der Waals surface area contributed by atoms with Crippen LogP contribution in [0.15, 0.2) is 53.9 Å². The highest BCUT2D eigenvalue weighted by Gasteiger charge is 2.28. The van der Waals surface area contributed by atoms with E-state index in [1.165, 1.54) is 40.6 Å². The molecule has 0 atom stereocenters. The van der Waals surface area contributed by atoms with Crippen LogP contribution in [0.4, 0.5) is 8.78 Å². The van der Waals surface area contributed by atoms with E-state index in [2.05, 4.69) is 4.74 Å². The Kier molecular flexibility index (Phi) is 7.24. The van der Waals surface area contributed by atoms with E-state index < -0.39 is 16.6 Å². The predicted molar refractivity (Wildman–Crippen MR) is 111 cm³/mol. The van der Waals surface area contributed by atoms with E-state index in [0.717, 1.165) is 11.0 Å². The zero-order valence-electron chi connectivity index (χ0n) is 16.8. The van der Waals surface area contributed by atoms with Gasteiger partial charge in [-0.3, -0.25) is 4.79 Å². The van der Waals surface area contributed by atoms with Crippen LogP contribution in [0, 0.1) is 0 Å². The molecule has 0 bridgehead atoms. The van der Waals surface area contributed by atoms with Gasteiger partial charge >= 0.3 is 6.61 Å². The summed E-state index contributed by atoms with van der Waals surface area (Å²) in [6.07, 6.45) is 1.53. The first kappa shape index (κ1) is 22.7. The van der Waals surface area contributed by atoms with Crippen molar-refractivity contribution in [2.45, 2.75) is 6.61 Å². The fourth-order valence-corrected chi connectivity index (χ4v) is 4.31. The molecule has 0 unspecified atom stereocenters. The highest BCUT2D eigenvalue weighted by atomic mass is 32.2. The van der Waals surface area contributed by atoms with Gasteiger partial charge in [-0.2, -0.15) is 13.1 Å². The number of carbonyl (C=O) groups excluding carboxylic acids is 1. The maximum Gasteiger partial charge on any atom is 0.387 e. The van der Waals surface area contributed by atoms with Crippen molar-refractivity contribution in [3.05, 3.63) is 65.1 Å². The monoisotopic (exact) mass is 452 g/mol. The molecule has 0 saturated carbocycles. The largest absolute Gasteiger partial charge is 0.493 e. The van der Waals surface area contributed by atoms with E-state index in [-0.39, 0.29) is 49.1 Å². The minimum absolute atomic E-state index is 0.0124. The number of rotatable bonds is 7. The maximum absolute atomic E-state index is 12.8. The molecule has 1 amide bonds. The Morgan fingerprint density at radius 3 is 2.32 bits per heavy atom. The number of alkyl halides is 2. The summed E-state index contributed by atoms with van der Waals surface area (Å²) >= 11 is 0. The third-order valence-electron chi connectivity index (χ3n) is 4.74. The van der Waals surface area contributed by atoms with Crippen LogP contribution in [0.5, 0.6) is 11.5 Å². The van der Waals surface area contributed by atoms with Crippen molar-refractivity contribution in [1.29, 1.82) is 0 Å². The van der Waals surface area contributed by atoms with Gasteiger partial charge in [-0.25, -0.2) is 8.42 Å². The van der Waals surface area contributed by atoms with Crippen molar-refractivity contribution >= 4 is 22.0 Å². The van der Waals surface area contributed by atoms with Crippen molar-refractivity contribution in [2.24, 2.45) is 0 Å². The Bertz CT molecular complexity index is 1040. The standard InChI is InChI=1S/C21H22F2N2O5S/c1-29-19-15-17(7-8-18(19)30-21(22)23)20(26)24-10-12-25(13-11-24)31(27,28)14-9-16-5-3-2-4-6-16/h2-9,14-15,21H,10-13H2,1H3. The summed E-state index contributed by atoms with van der Waals surface area (Å²) in [6, 6.07) is 13.0. The lowest BCUT2D eigenvalue weighted by atomic mass is 10.1. The summed E-state index contributed by atoms with van der Waals surface area (Å²) in [7, 11) is -2.33. The second-order valence-electron chi connectivity index (χ2n) is 6.69. The van der Waals surface area contributed by atoms with E-state index in [9.17, 15) is 22.0 Å². The third-order valence-corrected chi connectivity index (χ3v) is 6.31. The minimum atomic E-state index is -3.62. The first-order valence-corrected chi connectivity index (χ1v) is 11.0.